The summed E-state index contributed by atoms with van der Waals surface area (Å²) in [5.41, 5.74) is 4.76. The summed E-state index contributed by atoms with van der Waals surface area (Å²) in [4.78, 5) is 17.3. The summed E-state index contributed by atoms with van der Waals surface area (Å²) < 4.78 is 7.64. The van der Waals surface area contributed by atoms with Crippen LogP contribution in [0.3, 0.4) is 0 Å². The highest BCUT2D eigenvalue weighted by atomic mass is 32.2. The molecule has 1 aromatic heterocycles. The summed E-state index contributed by atoms with van der Waals surface area (Å²) in [7, 11) is 0. The fourth-order valence-electron chi connectivity index (χ4n) is 3.24. The molecular formula is C24H23N3O2S. The molecule has 152 valence electrons. The molecule has 0 aliphatic heterocycles. The number of nitrogens with zero attached hydrogens (tertiary/aromatic N) is 2. The number of aromatic nitrogens is 2. The Labute approximate surface area is 180 Å². The molecular weight excluding hydrogens is 394 g/mol. The fourth-order valence-corrected chi connectivity index (χ4v) is 4.07. The quantitative estimate of drug-likeness (QED) is 0.406. The minimum Gasteiger partial charge on any atom is -0.494 e. The second-order valence-corrected chi connectivity index (χ2v) is 7.74. The van der Waals surface area contributed by atoms with Crippen LogP contribution in [0.15, 0.2) is 78.0 Å². The molecule has 1 amide bonds. The largest absolute Gasteiger partial charge is 0.494 e. The Morgan fingerprint density at radius 3 is 2.53 bits per heavy atom. The number of fused-ring (bicyclic) bond motifs is 1. The molecule has 0 unspecified atom stereocenters. The third-order valence-corrected chi connectivity index (χ3v) is 5.63. The van der Waals surface area contributed by atoms with E-state index in [0.29, 0.717) is 6.61 Å². The van der Waals surface area contributed by atoms with Crippen LogP contribution in [0.4, 0.5) is 5.69 Å². The van der Waals surface area contributed by atoms with Crippen molar-refractivity contribution in [2.45, 2.75) is 19.0 Å². The zero-order valence-corrected chi connectivity index (χ0v) is 17.8. The normalized spacial score (nSPS) is 10.9. The van der Waals surface area contributed by atoms with Crippen molar-refractivity contribution in [1.82, 2.24) is 9.55 Å². The second kappa shape index (κ2) is 9.05. The fraction of sp³-hybridized carbons (Fsp3) is 0.167. The molecule has 0 saturated heterocycles. The average Bonchev–Trinajstić information content (AvgIpc) is 3.13. The van der Waals surface area contributed by atoms with E-state index in [-0.39, 0.29) is 11.7 Å². The lowest BCUT2D eigenvalue weighted by molar-refractivity contribution is -0.113. The molecule has 0 fully saturated rings. The maximum absolute atomic E-state index is 12.5. The van der Waals surface area contributed by atoms with Crippen LogP contribution in [0, 0.1) is 6.92 Å². The van der Waals surface area contributed by atoms with Crippen LogP contribution < -0.4 is 10.1 Å². The first-order valence-corrected chi connectivity index (χ1v) is 10.8. The monoisotopic (exact) mass is 417 g/mol. The van der Waals surface area contributed by atoms with Gasteiger partial charge in [0.25, 0.3) is 0 Å². The van der Waals surface area contributed by atoms with Crippen molar-refractivity contribution in [3.63, 3.8) is 0 Å². The number of aryl methyl sites for hydroxylation is 1. The highest BCUT2D eigenvalue weighted by Gasteiger charge is 2.15. The predicted octanol–water partition coefficient (Wildman–Crippen LogP) is 5.46. The number of hydrogen-bond acceptors (Lipinski definition) is 4. The highest BCUT2D eigenvalue weighted by molar-refractivity contribution is 7.99. The van der Waals surface area contributed by atoms with E-state index in [1.165, 1.54) is 11.8 Å². The Kier molecular flexibility index (Phi) is 6.05. The molecule has 0 radical (unpaired) electrons. The average molecular weight is 418 g/mol. The Hall–Kier alpha value is -3.25. The van der Waals surface area contributed by atoms with E-state index >= 15 is 0 Å². The molecule has 30 heavy (non-hydrogen) atoms. The second-order valence-electron chi connectivity index (χ2n) is 6.80. The third kappa shape index (κ3) is 4.33. The number of para-hydroxylation sites is 3. The van der Waals surface area contributed by atoms with Crippen molar-refractivity contribution >= 4 is 34.4 Å². The first-order chi connectivity index (χ1) is 14.7. The molecule has 1 heterocycles. The maximum atomic E-state index is 12.5. The number of anilines is 1. The van der Waals surface area contributed by atoms with E-state index in [0.717, 1.165) is 38.9 Å². The molecule has 4 rings (SSSR count). The summed E-state index contributed by atoms with van der Waals surface area (Å²) in [6, 6.07) is 23.7. The van der Waals surface area contributed by atoms with Gasteiger partial charge in [0.05, 0.1) is 23.4 Å². The predicted molar refractivity (Wildman–Crippen MR) is 123 cm³/mol. The van der Waals surface area contributed by atoms with Gasteiger partial charge < -0.3 is 10.1 Å². The zero-order valence-electron chi connectivity index (χ0n) is 17.0. The van der Waals surface area contributed by atoms with Gasteiger partial charge in [0.2, 0.25) is 5.91 Å². The van der Waals surface area contributed by atoms with Crippen molar-refractivity contribution in [2.24, 2.45) is 0 Å². The van der Waals surface area contributed by atoms with Gasteiger partial charge >= 0.3 is 0 Å². The molecule has 4 aromatic rings. The lowest BCUT2D eigenvalue weighted by atomic mass is 10.2. The van der Waals surface area contributed by atoms with E-state index in [4.69, 9.17) is 9.72 Å². The maximum Gasteiger partial charge on any atom is 0.234 e. The summed E-state index contributed by atoms with van der Waals surface area (Å²) in [5.74, 6) is 1.05. The Morgan fingerprint density at radius 2 is 1.77 bits per heavy atom. The van der Waals surface area contributed by atoms with Gasteiger partial charge in [-0.15, -0.1) is 0 Å². The molecule has 0 atom stereocenters. The standard InChI is InChI=1S/C24H23N3O2S/c1-3-29-19-14-12-18(13-15-19)27-22-11-7-6-10-21(22)26-24(27)30-16-23(28)25-20-9-5-4-8-17(20)2/h4-15H,3,16H2,1-2H3,(H,25,28). The van der Waals surface area contributed by atoms with Crippen LogP contribution >= 0.6 is 11.8 Å². The van der Waals surface area contributed by atoms with Gasteiger partial charge in [-0.1, -0.05) is 42.1 Å². The molecule has 0 aliphatic carbocycles. The summed E-state index contributed by atoms with van der Waals surface area (Å²) in [5, 5.41) is 3.76. The SMILES string of the molecule is CCOc1ccc(-n2c(SCC(=O)Nc3ccccc3C)nc3ccccc32)cc1. The number of imidazole rings is 1. The number of carbonyl (C=O) groups excluding carboxylic acids is 1. The Bertz CT molecular complexity index is 1170. The Morgan fingerprint density at radius 1 is 1.03 bits per heavy atom. The van der Waals surface area contributed by atoms with Crippen molar-refractivity contribution < 1.29 is 9.53 Å². The molecule has 0 aliphatic rings. The van der Waals surface area contributed by atoms with E-state index in [1.54, 1.807) is 0 Å². The van der Waals surface area contributed by atoms with Crippen LogP contribution in [-0.2, 0) is 4.79 Å². The third-order valence-electron chi connectivity index (χ3n) is 4.69. The number of ether oxygens (including phenoxy) is 1. The minimum atomic E-state index is -0.0559. The summed E-state index contributed by atoms with van der Waals surface area (Å²) in [6.45, 7) is 4.58. The summed E-state index contributed by atoms with van der Waals surface area (Å²) >= 11 is 1.42. The van der Waals surface area contributed by atoms with Gasteiger partial charge in [0.15, 0.2) is 5.16 Å². The molecule has 6 heteroatoms. The molecule has 5 nitrogen and oxygen atoms in total. The number of benzene rings is 3. The number of nitrogens with one attached hydrogen (secondary N) is 1. The lowest BCUT2D eigenvalue weighted by Crippen LogP contribution is -2.15. The van der Waals surface area contributed by atoms with E-state index < -0.39 is 0 Å². The minimum absolute atomic E-state index is 0.0559. The number of hydrogen-bond donors (Lipinski definition) is 1. The van der Waals surface area contributed by atoms with Gasteiger partial charge in [0.1, 0.15) is 5.75 Å². The van der Waals surface area contributed by atoms with Crippen LogP contribution in [0.2, 0.25) is 0 Å². The first-order valence-electron chi connectivity index (χ1n) is 9.84. The number of carbonyl (C=O) groups is 1. The Balaban J connectivity index is 1.58. The van der Waals surface area contributed by atoms with E-state index in [9.17, 15) is 4.79 Å². The number of amides is 1. The van der Waals surface area contributed by atoms with Crippen LogP contribution in [0.1, 0.15) is 12.5 Å². The molecule has 0 spiro atoms. The molecule has 1 N–H and O–H groups in total. The molecule has 0 saturated carbocycles. The van der Waals surface area contributed by atoms with Gasteiger partial charge in [-0.05, 0) is 61.9 Å². The van der Waals surface area contributed by atoms with Crippen LogP contribution in [-0.4, -0.2) is 27.8 Å². The van der Waals surface area contributed by atoms with Crippen molar-refractivity contribution in [3.8, 4) is 11.4 Å². The van der Waals surface area contributed by atoms with Crippen molar-refractivity contribution in [2.75, 3.05) is 17.7 Å². The van der Waals surface area contributed by atoms with Crippen LogP contribution in [0.25, 0.3) is 16.7 Å². The van der Waals surface area contributed by atoms with Gasteiger partial charge in [-0.2, -0.15) is 0 Å². The topological polar surface area (TPSA) is 56.1 Å². The lowest BCUT2D eigenvalue weighted by Gasteiger charge is -2.11. The number of rotatable bonds is 7. The van der Waals surface area contributed by atoms with E-state index in [1.807, 2.05) is 86.6 Å². The van der Waals surface area contributed by atoms with Gasteiger partial charge in [-0.3, -0.25) is 9.36 Å². The first kappa shape index (κ1) is 20.0. The van der Waals surface area contributed by atoms with Crippen LogP contribution in [0.5, 0.6) is 5.75 Å². The number of thioether (sulfide) groups is 1. The van der Waals surface area contributed by atoms with Gasteiger partial charge in [0, 0.05) is 11.4 Å². The van der Waals surface area contributed by atoms with Crippen molar-refractivity contribution in [1.29, 1.82) is 0 Å². The molecule has 0 bridgehead atoms. The highest BCUT2D eigenvalue weighted by Crippen LogP contribution is 2.29. The molecule has 3 aromatic carbocycles. The smallest absolute Gasteiger partial charge is 0.234 e. The van der Waals surface area contributed by atoms with Gasteiger partial charge in [-0.25, -0.2) is 4.98 Å². The zero-order chi connectivity index (χ0) is 20.9. The van der Waals surface area contributed by atoms with E-state index in [2.05, 4.69) is 9.88 Å². The summed E-state index contributed by atoms with van der Waals surface area (Å²) in [6.07, 6.45) is 0. The van der Waals surface area contributed by atoms with Crippen molar-refractivity contribution in [3.05, 3.63) is 78.4 Å².